The van der Waals surface area contributed by atoms with E-state index in [1.165, 1.54) is 17.2 Å². The van der Waals surface area contributed by atoms with Crippen LogP contribution in [0.1, 0.15) is 11.1 Å². The van der Waals surface area contributed by atoms with Gasteiger partial charge in [-0.3, -0.25) is 4.79 Å². The van der Waals surface area contributed by atoms with Crippen molar-refractivity contribution in [3.63, 3.8) is 0 Å². The van der Waals surface area contributed by atoms with Crippen LogP contribution in [0.4, 0.5) is 0 Å². The smallest absolute Gasteiger partial charge is 0.246 e. The fourth-order valence-electron chi connectivity index (χ4n) is 1.88. The van der Waals surface area contributed by atoms with E-state index in [2.05, 4.69) is 28.6 Å². The number of halogens is 1. The standard InChI is InChI=1S/C12H12BrNO/c1-2-12(15)14-7-6-10-9(8-14)4-3-5-11(10)13/h2-5H,1,6-8H2. The first kappa shape index (κ1) is 10.4. The van der Waals surface area contributed by atoms with Crippen molar-refractivity contribution < 1.29 is 4.79 Å². The lowest BCUT2D eigenvalue weighted by Crippen LogP contribution is -2.34. The van der Waals surface area contributed by atoms with Crippen LogP contribution >= 0.6 is 15.9 Å². The van der Waals surface area contributed by atoms with Gasteiger partial charge in [-0.2, -0.15) is 0 Å². The predicted molar refractivity (Wildman–Crippen MR) is 63.5 cm³/mol. The molecule has 0 radical (unpaired) electrons. The molecule has 15 heavy (non-hydrogen) atoms. The Balaban J connectivity index is 2.27. The van der Waals surface area contributed by atoms with Crippen molar-refractivity contribution in [2.75, 3.05) is 6.54 Å². The van der Waals surface area contributed by atoms with E-state index in [0.717, 1.165) is 17.4 Å². The van der Waals surface area contributed by atoms with Gasteiger partial charge in [-0.25, -0.2) is 0 Å². The average molecular weight is 266 g/mol. The van der Waals surface area contributed by atoms with Crippen LogP contribution in [-0.4, -0.2) is 17.4 Å². The van der Waals surface area contributed by atoms with Gasteiger partial charge in [0.05, 0.1) is 0 Å². The maximum absolute atomic E-state index is 11.5. The number of hydrogen-bond donors (Lipinski definition) is 0. The highest BCUT2D eigenvalue weighted by molar-refractivity contribution is 9.10. The van der Waals surface area contributed by atoms with Crippen LogP contribution in [0.25, 0.3) is 0 Å². The van der Waals surface area contributed by atoms with E-state index in [1.54, 1.807) is 0 Å². The van der Waals surface area contributed by atoms with Gasteiger partial charge in [-0.05, 0) is 29.7 Å². The van der Waals surface area contributed by atoms with E-state index in [1.807, 2.05) is 17.0 Å². The Bertz CT molecular complexity index is 414. The fraction of sp³-hybridized carbons (Fsp3) is 0.250. The molecule has 0 aliphatic carbocycles. The highest BCUT2D eigenvalue weighted by atomic mass is 79.9. The van der Waals surface area contributed by atoms with E-state index in [9.17, 15) is 4.79 Å². The number of rotatable bonds is 1. The van der Waals surface area contributed by atoms with Crippen LogP contribution in [0, 0.1) is 0 Å². The molecule has 0 saturated carbocycles. The van der Waals surface area contributed by atoms with Gasteiger partial charge < -0.3 is 4.90 Å². The zero-order valence-corrected chi connectivity index (χ0v) is 9.96. The van der Waals surface area contributed by atoms with E-state index in [0.29, 0.717) is 6.54 Å². The van der Waals surface area contributed by atoms with Crippen LogP contribution < -0.4 is 0 Å². The minimum atomic E-state index is 0.0145. The summed E-state index contributed by atoms with van der Waals surface area (Å²) in [6, 6.07) is 6.12. The molecule has 1 amide bonds. The molecule has 0 atom stereocenters. The molecule has 2 nitrogen and oxygen atoms in total. The summed E-state index contributed by atoms with van der Waals surface area (Å²) in [7, 11) is 0. The molecular formula is C12H12BrNO. The number of fused-ring (bicyclic) bond motifs is 1. The van der Waals surface area contributed by atoms with Crippen molar-refractivity contribution in [1.82, 2.24) is 4.90 Å². The number of carbonyl (C=O) groups is 1. The summed E-state index contributed by atoms with van der Waals surface area (Å²) in [5.74, 6) is 0.0145. The van der Waals surface area contributed by atoms with Crippen molar-refractivity contribution >= 4 is 21.8 Å². The van der Waals surface area contributed by atoms with E-state index >= 15 is 0 Å². The topological polar surface area (TPSA) is 20.3 Å². The number of carbonyl (C=O) groups excluding carboxylic acids is 1. The molecule has 1 heterocycles. The summed E-state index contributed by atoms with van der Waals surface area (Å²) < 4.78 is 1.14. The first-order valence-corrected chi connectivity index (χ1v) is 5.69. The zero-order chi connectivity index (χ0) is 10.8. The Hall–Kier alpha value is -1.09. The van der Waals surface area contributed by atoms with Gasteiger partial charge in [0.2, 0.25) is 5.91 Å². The SMILES string of the molecule is C=CC(=O)N1CCc2c(Br)cccc2C1. The second kappa shape index (κ2) is 4.19. The molecule has 0 spiro atoms. The first-order chi connectivity index (χ1) is 7.22. The molecule has 0 bridgehead atoms. The highest BCUT2D eigenvalue weighted by Gasteiger charge is 2.19. The van der Waals surface area contributed by atoms with Crippen molar-refractivity contribution in [3.8, 4) is 0 Å². The van der Waals surface area contributed by atoms with E-state index in [-0.39, 0.29) is 5.91 Å². The van der Waals surface area contributed by atoms with Crippen LogP contribution in [0.15, 0.2) is 35.3 Å². The molecule has 0 unspecified atom stereocenters. The molecular weight excluding hydrogens is 254 g/mol. The Morgan fingerprint density at radius 1 is 1.53 bits per heavy atom. The molecule has 0 aromatic heterocycles. The number of amides is 1. The lowest BCUT2D eigenvalue weighted by molar-refractivity contribution is -0.126. The molecule has 1 aliphatic heterocycles. The summed E-state index contributed by atoms with van der Waals surface area (Å²) in [5, 5.41) is 0. The maximum atomic E-state index is 11.5. The Morgan fingerprint density at radius 2 is 2.33 bits per heavy atom. The first-order valence-electron chi connectivity index (χ1n) is 4.90. The van der Waals surface area contributed by atoms with Crippen molar-refractivity contribution in [2.45, 2.75) is 13.0 Å². The molecule has 2 rings (SSSR count). The van der Waals surface area contributed by atoms with Gasteiger partial charge in [0.25, 0.3) is 0 Å². The van der Waals surface area contributed by atoms with Gasteiger partial charge in [-0.15, -0.1) is 0 Å². The Labute approximate surface area is 97.7 Å². The minimum absolute atomic E-state index is 0.0145. The van der Waals surface area contributed by atoms with Crippen molar-refractivity contribution in [1.29, 1.82) is 0 Å². The largest absolute Gasteiger partial charge is 0.335 e. The van der Waals surface area contributed by atoms with Gasteiger partial charge in [0, 0.05) is 17.6 Å². The summed E-state index contributed by atoms with van der Waals surface area (Å²) in [6.45, 7) is 4.98. The van der Waals surface area contributed by atoms with Crippen LogP contribution in [-0.2, 0) is 17.8 Å². The number of hydrogen-bond acceptors (Lipinski definition) is 1. The summed E-state index contributed by atoms with van der Waals surface area (Å²) in [6.07, 6.45) is 2.29. The predicted octanol–water partition coefficient (Wildman–Crippen LogP) is 2.52. The van der Waals surface area contributed by atoms with Gasteiger partial charge in [-0.1, -0.05) is 34.6 Å². The zero-order valence-electron chi connectivity index (χ0n) is 8.37. The lowest BCUT2D eigenvalue weighted by Gasteiger charge is -2.28. The second-order valence-corrected chi connectivity index (χ2v) is 4.45. The molecule has 1 aliphatic rings. The normalized spacial score (nSPS) is 14.6. The van der Waals surface area contributed by atoms with Gasteiger partial charge >= 0.3 is 0 Å². The van der Waals surface area contributed by atoms with Crippen LogP contribution in [0.2, 0.25) is 0 Å². The molecule has 1 aromatic rings. The third-order valence-electron chi connectivity index (χ3n) is 2.70. The van der Waals surface area contributed by atoms with Crippen molar-refractivity contribution in [2.24, 2.45) is 0 Å². The quantitative estimate of drug-likeness (QED) is 0.715. The monoisotopic (exact) mass is 265 g/mol. The van der Waals surface area contributed by atoms with Gasteiger partial charge in [0.15, 0.2) is 0 Å². The number of nitrogens with zero attached hydrogens (tertiary/aromatic N) is 1. The number of benzene rings is 1. The molecule has 78 valence electrons. The van der Waals surface area contributed by atoms with Crippen LogP contribution in [0.3, 0.4) is 0 Å². The lowest BCUT2D eigenvalue weighted by atomic mass is 10.00. The molecule has 0 N–H and O–H groups in total. The van der Waals surface area contributed by atoms with E-state index in [4.69, 9.17) is 0 Å². The summed E-state index contributed by atoms with van der Waals surface area (Å²) in [4.78, 5) is 13.3. The van der Waals surface area contributed by atoms with Crippen molar-refractivity contribution in [3.05, 3.63) is 46.5 Å². The highest BCUT2D eigenvalue weighted by Crippen LogP contribution is 2.26. The molecule has 0 fully saturated rings. The minimum Gasteiger partial charge on any atom is -0.335 e. The molecule has 3 heteroatoms. The Morgan fingerprint density at radius 3 is 3.07 bits per heavy atom. The fourth-order valence-corrected chi connectivity index (χ4v) is 2.49. The third-order valence-corrected chi connectivity index (χ3v) is 3.44. The summed E-state index contributed by atoms with van der Waals surface area (Å²) >= 11 is 3.53. The third kappa shape index (κ3) is 1.97. The van der Waals surface area contributed by atoms with E-state index < -0.39 is 0 Å². The molecule has 0 saturated heterocycles. The maximum Gasteiger partial charge on any atom is 0.246 e. The Kier molecular flexibility index (Phi) is 2.91. The average Bonchev–Trinajstić information content (AvgIpc) is 2.28. The molecule has 1 aromatic carbocycles. The second-order valence-electron chi connectivity index (χ2n) is 3.59. The van der Waals surface area contributed by atoms with Crippen LogP contribution in [0.5, 0.6) is 0 Å². The summed E-state index contributed by atoms with van der Waals surface area (Å²) in [5.41, 5.74) is 2.55. The van der Waals surface area contributed by atoms with Gasteiger partial charge in [0.1, 0.15) is 0 Å².